The lowest BCUT2D eigenvalue weighted by atomic mass is 10.2. The molecule has 0 spiro atoms. The molecule has 1 rings (SSSR count). The Bertz CT molecular complexity index is 454. The molecular weight excluding hydrogens is 238 g/mol. The van der Waals surface area contributed by atoms with E-state index in [0.29, 0.717) is 5.56 Å². The van der Waals surface area contributed by atoms with E-state index in [1.54, 1.807) is 0 Å². The summed E-state index contributed by atoms with van der Waals surface area (Å²) >= 11 is 0. The molecule has 0 fully saturated rings. The molecule has 0 aliphatic heterocycles. The number of carbonyl (C=O) groups excluding carboxylic acids is 1. The molecule has 0 aromatic heterocycles. The normalized spacial score (nSPS) is 12.3. The van der Waals surface area contributed by atoms with E-state index in [-0.39, 0.29) is 12.3 Å². The number of rotatable bonds is 4. The van der Waals surface area contributed by atoms with Crippen LogP contribution in [0.4, 0.5) is 10.5 Å². The average Bonchev–Trinajstić information content (AvgIpc) is 2.34. The van der Waals surface area contributed by atoms with Crippen LogP contribution in [0.3, 0.4) is 0 Å². The highest BCUT2D eigenvalue weighted by Gasteiger charge is 2.05. The second-order valence-corrected chi connectivity index (χ2v) is 3.42. The minimum absolute atomic E-state index is 0.0133. The summed E-state index contributed by atoms with van der Waals surface area (Å²) in [5.74, 6) is 0. The highest BCUT2D eigenvalue weighted by molar-refractivity contribution is 5.81. The van der Waals surface area contributed by atoms with Crippen molar-refractivity contribution in [3.8, 4) is 0 Å². The first-order valence-corrected chi connectivity index (χ1v) is 5.02. The van der Waals surface area contributed by atoms with Crippen LogP contribution in [-0.2, 0) is 11.3 Å². The standard InChI is InChI=1S/C11H12N3O4/c1-8(12)6-13-11(15)18-7-9-2-4-10(5-3-9)14(16)17/h2-6,8H,1,7,12H2. The van der Waals surface area contributed by atoms with E-state index in [0.717, 1.165) is 6.21 Å². The van der Waals surface area contributed by atoms with Gasteiger partial charge < -0.3 is 10.5 Å². The summed E-state index contributed by atoms with van der Waals surface area (Å²) in [6.45, 7) is 3.40. The van der Waals surface area contributed by atoms with Crippen LogP contribution in [0.15, 0.2) is 29.3 Å². The average molecular weight is 250 g/mol. The molecular formula is C11H12N3O4. The van der Waals surface area contributed by atoms with Gasteiger partial charge in [0, 0.05) is 24.4 Å². The number of ether oxygens (including phenoxy) is 1. The summed E-state index contributed by atoms with van der Waals surface area (Å²) in [5, 5.41) is 10.4. The van der Waals surface area contributed by atoms with Crippen molar-refractivity contribution in [3.63, 3.8) is 0 Å². The Kier molecular flexibility index (Phi) is 4.94. The number of nitrogens with two attached hydrogens (primary N) is 1. The van der Waals surface area contributed by atoms with Crippen LogP contribution < -0.4 is 5.73 Å². The monoisotopic (exact) mass is 250 g/mol. The van der Waals surface area contributed by atoms with Crippen molar-refractivity contribution in [1.29, 1.82) is 0 Å². The van der Waals surface area contributed by atoms with Gasteiger partial charge in [0.05, 0.1) is 4.92 Å². The topological polar surface area (TPSA) is 108 Å². The predicted octanol–water partition coefficient (Wildman–Crippen LogP) is 1.46. The molecule has 18 heavy (non-hydrogen) atoms. The number of nitrogens with zero attached hydrogens (tertiary/aromatic N) is 2. The van der Waals surface area contributed by atoms with Gasteiger partial charge in [-0.3, -0.25) is 10.1 Å². The molecule has 1 amide bonds. The molecule has 0 aliphatic carbocycles. The fourth-order valence-corrected chi connectivity index (χ4v) is 1.05. The zero-order chi connectivity index (χ0) is 13.5. The minimum Gasteiger partial charge on any atom is -0.443 e. The van der Waals surface area contributed by atoms with E-state index >= 15 is 0 Å². The molecule has 95 valence electrons. The summed E-state index contributed by atoms with van der Waals surface area (Å²) < 4.78 is 4.79. The quantitative estimate of drug-likeness (QED) is 0.494. The van der Waals surface area contributed by atoms with E-state index in [1.807, 2.05) is 0 Å². The highest BCUT2D eigenvalue weighted by Crippen LogP contribution is 2.12. The zero-order valence-electron chi connectivity index (χ0n) is 9.48. The van der Waals surface area contributed by atoms with Crippen molar-refractivity contribution in [2.24, 2.45) is 10.7 Å². The number of carbonyl (C=O) groups is 1. The van der Waals surface area contributed by atoms with E-state index in [1.165, 1.54) is 24.3 Å². The predicted molar refractivity (Wildman–Crippen MR) is 65.1 cm³/mol. The van der Waals surface area contributed by atoms with Gasteiger partial charge in [0.2, 0.25) is 0 Å². The second kappa shape index (κ2) is 6.45. The number of hydrogen-bond donors (Lipinski definition) is 1. The summed E-state index contributed by atoms with van der Waals surface area (Å²) in [5.41, 5.74) is 5.87. The molecule has 0 bridgehead atoms. The molecule has 1 aromatic carbocycles. The zero-order valence-corrected chi connectivity index (χ0v) is 9.48. The smallest absolute Gasteiger partial charge is 0.433 e. The molecule has 0 aliphatic rings. The molecule has 1 aromatic rings. The Balaban J connectivity index is 2.49. The maximum absolute atomic E-state index is 11.1. The number of non-ortho nitro benzene ring substituents is 1. The number of nitro groups is 1. The third-order valence-electron chi connectivity index (χ3n) is 1.88. The molecule has 2 N–H and O–H groups in total. The van der Waals surface area contributed by atoms with E-state index in [4.69, 9.17) is 10.5 Å². The lowest BCUT2D eigenvalue weighted by Gasteiger charge is -2.01. The second-order valence-electron chi connectivity index (χ2n) is 3.42. The molecule has 1 unspecified atom stereocenters. The third kappa shape index (κ3) is 4.71. The first kappa shape index (κ1) is 13.8. The lowest BCUT2D eigenvalue weighted by molar-refractivity contribution is -0.384. The van der Waals surface area contributed by atoms with Crippen LogP contribution in [0, 0.1) is 17.0 Å². The lowest BCUT2D eigenvalue weighted by Crippen LogP contribution is -2.17. The maximum Gasteiger partial charge on any atom is 0.433 e. The minimum atomic E-state index is -0.785. The number of aliphatic imine (C=N–C) groups is 1. The van der Waals surface area contributed by atoms with Gasteiger partial charge in [-0.1, -0.05) is 0 Å². The molecule has 0 saturated carbocycles. The number of hydrogen-bond acceptors (Lipinski definition) is 5. The van der Waals surface area contributed by atoms with Crippen molar-refractivity contribution >= 4 is 18.0 Å². The van der Waals surface area contributed by atoms with Gasteiger partial charge in [-0.15, -0.1) is 0 Å². The van der Waals surface area contributed by atoms with Gasteiger partial charge >= 0.3 is 6.09 Å². The van der Waals surface area contributed by atoms with Crippen molar-refractivity contribution in [2.45, 2.75) is 12.6 Å². The molecule has 0 saturated heterocycles. The first-order chi connectivity index (χ1) is 8.49. The van der Waals surface area contributed by atoms with Gasteiger partial charge in [-0.25, -0.2) is 4.79 Å². The molecule has 0 heterocycles. The van der Waals surface area contributed by atoms with Gasteiger partial charge in [-0.2, -0.15) is 4.99 Å². The van der Waals surface area contributed by atoms with Crippen LogP contribution in [0.5, 0.6) is 0 Å². The van der Waals surface area contributed by atoms with E-state index < -0.39 is 17.1 Å². The Morgan fingerprint density at radius 2 is 2.17 bits per heavy atom. The van der Waals surface area contributed by atoms with E-state index in [9.17, 15) is 14.9 Å². The van der Waals surface area contributed by atoms with E-state index in [2.05, 4.69) is 11.9 Å². The fourth-order valence-electron chi connectivity index (χ4n) is 1.05. The summed E-state index contributed by atoms with van der Waals surface area (Å²) in [4.78, 5) is 24.4. The molecule has 1 radical (unpaired) electrons. The van der Waals surface area contributed by atoms with Crippen LogP contribution >= 0.6 is 0 Å². The summed E-state index contributed by atoms with van der Waals surface area (Å²) in [6.07, 6.45) is 0.380. The highest BCUT2D eigenvalue weighted by atomic mass is 16.6. The molecule has 7 nitrogen and oxygen atoms in total. The van der Waals surface area contributed by atoms with Crippen molar-refractivity contribution in [2.75, 3.05) is 0 Å². The van der Waals surface area contributed by atoms with Crippen molar-refractivity contribution < 1.29 is 14.5 Å². The van der Waals surface area contributed by atoms with Crippen molar-refractivity contribution in [1.82, 2.24) is 0 Å². The van der Waals surface area contributed by atoms with Crippen LogP contribution in [0.1, 0.15) is 5.56 Å². The fraction of sp³-hybridized carbons (Fsp3) is 0.182. The van der Waals surface area contributed by atoms with Crippen molar-refractivity contribution in [3.05, 3.63) is 46.9 Å². The van der Waals surface area contributed by atoms with Gasteiger partial charge in [0.25, 0.3) is 5.69 Å². The Morgan fingerprint density at radius 3 is 2.67 bits per heavy atom. The number of nitro benzene ring substituents is 1. The van der Waals surface area contributed by atoms with Gasteiger partial charge in [0.15, 0.2) is 0 Å². The largest absolute Gasteiger partial charge is 0.443 e. The van der Waals surface area contributed by atoms with Gasteiger partial charge in [0.1, 0.15) is 6.61 Å². The Labute approximate surface area is 103 Å². The SMILES string of the molecule is [CH2]C(N)C=NC(=O)OCc1ccc([N+](=O)[O-])cc1. The first-order valence-electron chi connectivity index (χ1n) is 5.02. The van der Waals surface area contributed by atoms with Gasteiger partial charge in [-0.05, 0) is 24.6 Å². The maximum atomic E-state index is 11.1. The Morgan fingerprint density at radius 1 is 1.56 bits per heavy atom. The molecule has 1 atom stereocenters. The molecule has 7 heteroatoms. The summed E-state index contributed by atoms with van der Waals surface area (Å²) in [6, 6.07) is 5.10. The Hall–Kier alpha value is -2.28. The summed E-state index contributed by atoms with van der Waals surface area (Å²) in [7, 11) is 0. The van der Waals surface area contributed by atoms with Crippen LogP contribution in [0.2, 0.25) is 0 Å². The van der Waals surface area contributed by atoms with Crippen LogP contribution in [-0.4, -0.2) is 23.3 Å². The van der Waals surface area contributed by atoms with Crippen LogP contribution in [0.25, 0.3) is 0 Å². The number of amides is 1. The number of benzene rings is 1. The third-order valence-corrected chi connectivity index (χ3v) is 1.88.